The average Bonchev–Trinajstić information content (AvgIpc) is 2.67. The van der Waals surface area contributed by atoms with Crippen molar-refractivity contribution in [2.75, 3.05) is 31.6 Å². The summed E-state index contributed by atoms with van der Waals surface area (Å²) in [4.78, 5) is 25.3. The third kappa shape index (κ3) is 3.85. The number of aromatic nitrogens is 2. The van der Waals surface area contributed by atoms with Crippen molar-refractivity contribution in [3.05, 3.63) is 53.6 Å². The second-order valence-corrected chi connectivity index (χ2v) is 6.83. The molecule has 1 aliphatic rings. The summed E-state index contributed by atoms with van der Waals surface area (Å²) >= 11 is 0. The molecule has 1 aromatic heterocycles. The average molecular weight is 354 g/mol. The van der Waals surface area contributed by atoms with E-state index in [9.17, 15) is 4.79 Å². The lowest BCUT2D eigenvalue weighted by Gasteiger charge is -2.43. The van der Waals surface area contributed by atoms with Crippen LogP contribution in [0, 0.1) is 6.92 Å². The van der Waals surface area contributed by atoms with Gasteiger partial charge in [-0.2, -0.15) is 0 Å². The molecule has 26 heavy (non-hydrogen) atoms. The van der Waals surface area contributed by atoms with Crippen LogP contribution in [-0.2, 0) is 4.74 Å². The molecule has 0 spiro atoms. The van der Waals surface area contributed by atoms with Gasteiger partial charge in [-0.15, -0.1) is 0 Å². The van der Waals surface area contributed by atoms with Gasteiger partial charge in [-0.25, -0.2) is 4.79 Å². The molecule has 6 nitrogen and oxygen atoms in total. The fraction of sp³-hybridized carbons (Fsp3) is 0.450. The summed E-state index contributed by atoms with van der Waals surface area (Å²) in [7, 11) is 1.40. The number of rotatable bonds is 4. The van der Waals surface area contributed by atoms with E-state index >= 15 is 0 Å². The highest BCUT2D eigenvalue weighted by Gasteiger charge is 2.28. The van der Waals surface area contributed by atoms with Crippen molar-refractivity contribution in [3.63, 3.8) is 0 Å². The molecule has 2 heterocycles. The number of esters is 1. The summed E-state index contributed by atoms with van der Waals surface area (Å²) in [6.45, 7) is 9.21. The molecule has 138 valence electrons. The topological polar surface area (TPSA) is 58.6 Å². The Morgan fingerprint density at radius 2 is 1.92 bits per heavy atom. The van der Waals surface area contributed by atoms with Gasteiger partial charge in [-0.3, -0.25) is 14.9 Å². The van der Waals surface area contributed by atoms with Crippen LogP contribution in [0.2, 0.25) is 0 Å². The van der Waals surface area contributed by atoms with Crippen molar-refractivity contribution >= 4 is 11.7 Å². The fourth-order valence-electron chi connectivity index (χ4n) is 3.50. The highest BCUT2D eigenvalue weighted by molar-refractivity contribution is 5.89. The molecular weight excluding hydrogens is 328 g/mol. The van der Waals surface area contributed by atoms with Crippen LogP contribution in [0.1, 0.15) is 41.6 Å². The molecule has 6 heteroatoms. The zero-order valence-corrected chi connectivity index (χ0v) is 15.8. The maximum Gasteiger partial charge on any atom is 0.337 e. The molecule has 0 unspecified atom stereocenters. The zero-order valence-electron chi connectivity index (χ0n) is 15.8. The first-order valence-corrected chi connectivity index (χ1v) is 8.97. The van der Waals surface area contributed by atoms with Gasteiger partial charge in [0, 0.05) is 37.6 Å². The smallest absolute Gasteiger partial charge is 0.337 e. The number of carbonyl (C=O) groups excluding carboxylic acids is 1. The summed E-state index contributed by atoms with van der Waals surface area (Å²) in [5.74, 6) is -0.303. The van der Waals surface area contributed by atoms with Crippen LogP contribution < -0.4 is 4.90 Å². The Hall–Kier alpha value is -2.47. The SMILES string of the molecule is COC(=O)c1ccc(N2CCN([C@@H](C)c3cnc(C)cn3)[C@@H](C)C2)cc1. The Labute approximate surface area is 154 Å². The molecule has 1 fully saturated rings. The number of methoxy groups -OCH3 is 1. The quantitative estimate of drug-likeness (QED) is 0.787. The van der Waals surface area contributed by atoms with Crippen molar-refractivity contribution in [1.29, 1.82) is 0 Å². The van der Waals surface area contributed by atoms with Gasteiger partial charge in [0.05, 0.1) is 36.3 Å². The van der Waals surface area contributed by atoms with Gasteiger partial charge in [0.2, 0.25) is 0 Å². The van der Waals surface area contributed by atoms with Crippen molar-refractivity contribution in [2.45, 2.75) is 32.9 Å². The van der Waals surface area contributed by atoms with E-state index in [1.807, 2.05) is 43.6 Å². The van der Waals surface area contributed by atoms with E-state index in [0.29, 0.717) is 11.6 Å². The monoisotopic (exact) mass is 354 g/mol. The number of hydrogen-bond donors (Lipinski definition) is 0. The Kier molecular flexibility index (Phi) is 5.52. The molecule has 1 aliphatic heterocycles. The highest BCUT2D eigenvalue weighted by Crippen LogP contribution is 2.26. The molecule has 3 rings (SSSR count). The minimum absolute atomic E-state index is 0.238. The molecule has 2 atom stereocenters. The van der Waals surface area contributed by atoms with E-state index in [4.69, 9.17) is 4.74 Å². The number of hydrogen-bond acceptors (Lipinski definition) is 6. The lowest BCUT2D eigenvalue weighted by molar-refractivity contribution is 0.0600. The fourth-order valence-corrected chi connectivity index (χ4v) is 3.50. The summed E-state index contributed by atoms with van der Waals surface area (Å²) in [5.41, 5.74) is 3.66. The largest absolute Gasteiger partial charge is 0.465 e. The Morgan fingerprint density at radius 3 is 2.50 bits per heavy atom. The van der Waals surface area contributed by atoms with Gasteiger partial charge < -0.3 is 9.64 Å². The summed E-state index contributed by atoms with van der Waals surface area (Å²) in [6.07, 6.45) is 3.71. The van der Waals surface area contributed by atoms with Gasteiger partial charge in [0.25, 0.3) is 0 Å². The maximum absolute atomic E-state index is 11.6. The van der Waals surface area contributed by atoms with E-state index in [1.165, 1.54) is 7.11 Å². The number of ether oxygens (including phenoxy) is 1. The molecule has 1 saturated heterocycles. The summed E-state index contributed by atoms with van der Waals surface area (Å²) in [5, 5.41) is 0. The molecule has 0 saturated carbocycles. The molecule has 0 radical (unpaired) electrons. The third-order valence-corrected chi connectivity index (χ3v) is 5.06. The van der Waals surface area contributed by atoms with Crippen molar-refractivity contribution in [1.82, 2.24) is 14.9 Å². The minimum atomic E-state index is -0.303. The van der Waals surface area contributed by atoms with Gasteiger partial charge in [-0.05, 0) is 45.0 Å². The van der Waals surface area contributed by atoms with E-state index in [-0.39, 0.29) is 12.0 Å². The molecule has 0 N–H and O–H groups in total. The Morgan fingerprint density at radius 1 is 1.19 bits per heavy atom. The van der Waals surface area contributed by atoms with E-state index in [1.54, 1.807) is 0 Å². The second kappa shape index (κ2) is 7.83. The standard InChI is InChI=1S/C20H26N4O2/c1-14-11-22-19(12-21-14)16(3)24-10-9-23(13-15(24)2)18-7-5-17(6-8-18)20(25)26-4/h5-8,11-12,15-16H,9-10,13H2,1-4H3/t15-,16-/m0/s1. The number of carbonyl (C=O) groups is 1. The zero-order chi connectivity index (χ0) is 18.7. The van der Waals surface area contributed by atoms with Crippen molar-refractivity contribution in [2.24, 2.45) is 0 Å². The van der Waals surface area contributed by atoms with Crippen molar-refractivity contribution < 1.29 is 9.53 Å². The van der Waals surface area contributed by atoms with Crippen molar-refractivity contribution in [3.8, 4) is 0 Å². The molecule has 0 amide bonds. The lowest BCUT2D eigenvalue weighted by Crippen LogP contribution is -2.52. The predicted octanol–water partition coefficient (Wildman–Crippen LogP) is 2.84. The van der Waals surface area contributed by atoms with Crippen LogP contribution >= 0.6 is 0 Å². The highest BCUT2D eigenvalue weighted by atomic mass is 16.5. The molecule has 1 aromatic carbocycles. The van der Waals surface area contributed by atoms with Crippen LogP contribution in [0.5, 0.6) is 0 Å². The minimum Gasteiger partial charge on any atom is -0.465 e. The maximum atomic E-state index is 11.6. The van der Waals surface area contributed by atoms with Crippen LogP contribution in [0.25, 0.3) is 0 Å². The van der Waals surface area contributed by atoms with Crippen LogP contribution in [0.4, 0.5) is 5.69 Å². The number of nitrogens with zero attached hydrogens (tertiary/aromatic N) is 4. The third-order valence-electron chi connectivity index (χ3n) is 5.06. The van der Waals surface area contributed by atoms with Gasteiger partial charge >= 0.3 is 5.97 Å². The normalized spacial score (nSPS) is 19.2. The van der Waals surface area contributed by atoms with Crippen LogP contribution in [0.3, 0.4) is 0 Å². The first-order valence-electron chi connectivity index (χ1n) is 8.97. The number of benzene rings is 1. The van der Waals surface area contributed by atoms with E-state index in [2.05, 4.69) is 33.6 Å². The van der Waals surface area contributed by atoms with Crippen LogP contribution in [0.15, 0.2) is 36.7 Å². The molecule has 0 bridgehead atoms. The van der Waals surface area contributed by atoms with Gasteiger partial charge in [-0.1, -0.05) is 0 Å². The summed E-state index contributed by atoms with van der Waals surface area (Å²) in [6, 6.07) is 8.25. The number of aryl methyl sites for hydroxylation is 1. The summed E-state index contributed by atoms with van der Waals surface area (Å²) < 4.78 is 4.76. The molecule has 2 aromatic rings. The second-order valence-electron chi connectivity index (χ2n) is 6.83. The first-order chi connectivity index (χ1) is 12.5. The van der Waals surface area contributed by atoms with Gasteiger partial charge in [0.1, 0.15) is 0 Å². The molecule has 0 aliphatic carbocycles. The first kappa shape index (κ1) is 18.3. The van der Waals surface area contributed by atoms with Crippen LogP contribution in [-0.4, -0.2) is 53.6 Å². The predicted molar refractivity (Wildman–Crippen MR) is 101 cm³/mol. The van der Waals surface area contributed by atoms with Gasteiger partial charge in [0.15, 0.2) is 0 Å². The Balaban J connectivity index is 1.66. The van der Waals surface area contributed by atoms with E-state index < -0.39 is 0 Å². The number of anilines is 1. The molecular formula is C20H26N4O2. The number of piperazine rings is 1. The lowest BCUT2D eigenvalue weighted by atomic mass is 10.1. The Bertz CT molecular complexity index is 745. The van der Waals surface area contributed by atoms with E-state index in [0.717, 1.165) is 36.7 Å².